The Bertz CT molecular complexity index is 767. The monoisotopic (exact) mass is 439 g/mol. The van der Waals surface area contributed by atoms with E-state index in [-0.39, 0.29) is 11.1 Å². The molecule has 0 aromatic heterocycles. The molecule has 0 radical (unpaired) electrons. The summed E-state index contributed by atoms with van der Waals surface area (Å²) < 4.78 is 6.53. The fourth-order valence-corrected chi connectivity index (χ4v) is 3.53. The van der Waals surface area contributed by atoms with Crippen molar-refractivity contribution in [1.29, 1.82) is 0 Å². The van der Waals surface area contributed by atoms with Crippen LogP contribution in [0.15, 0.2) is 54.6 Å². The number of hydrogen-bond acceptors (Lipinski definition) is 4. The van der Waals surface area contributed by atoms with Gasteiger partial charge in [0.05, 0.1) is 5.69 Å². The van der Waals surface area contributed by atoms with Crippen LogP contribution in [0.25, 0.3) is 0 Å². The number of para-hydroxylation sites is 1. The Morgan fingerprint density at radius 3 is 2.43 bits per heavy atom. The van der Waals surface area contributed by atoms with Gasteiger partial charge in [-0.05, 0) is 59.4 Å². The zero-order valence-corrected chi connectivity index (χ0v) is 15.2. The summed E-state index contributed by atoms with van der Waals surface area (Å²) in [6.45, 7) is 1.56. The van der Waals surface area contributed by atoms with Gasteiger partial charge in [-0.15, -0.1) is 0 Å². The van der Waals surface area contributed by atoms with Crippen molar-refractivity contribution in [2.24, 2.45) is 0 Å². The van der Waals surface area contributed by atoms with Gasteiger partial charge in [0, 0.05) is 3.57 Å². The first-order valence-corrected chi connectivity index (χ1v) is 8.49. The molecule has 1 unspecified atom stereocenters. The SMILES string of the molecule is C[C@]1(C(O)c2ccccc2)OC(=S)N(c2ccccc2I)C1=O. The summed E-state index contributed by atoms with van der Waals surface area (Å²) in [6.07, 6.45) is -1.11. The van der Waals surface area contributed by atoms with E-state index < -0.39 is 11.7 Å². The van der Waals surface area contributed by atoms with Gasteiger partial charge < -0.3 is 9.84 Å². The van der Waals surface area contributed by atoms with E-state index in [2.05, 4.69) is 22.6 Å². The summed E-state index contributed by atoms with van der Waals surface area (Å²) in [5, 5.41) is 10.7. The molecule has 1 heterocycles. The molecule has 1 aliphatic rings. The fourth-order valence-electron chi connectivity index (χ4n) is 2.54. The summed E-state index contributed by atoms with van der Waals surface area (Å²) in [7, 11) is 0. The number of nitrogens with zero attached hydrogens (tertiary/aromatic N) is 1. The van der Waals surface area contributed by atoms with Gasteiger partial charge in [0.2, 0.25) is 5.60 Å². The molecule has 118 valence electrons. The number of carbonyl (C=O) groups excluding carboxylic acids is 1. The van der Waals surface area contributed by atoms with Crippen LogP contribution in [0, 0.1) is 3.57 Å². The fraction of sp³-hybridized carbons (Fsp3) is 0.176. The molecule has 23 heavy (non-hydrogen) atoms. The number of carbonyl (C=O) groups is 1. The molecule has 0 bridgehead atoms. The highest BCUT2D eigenvalue weighted by Crippen LogP contribution is 2.39. The highest BCUT2D eigenvalue weighted by atomic mass is 127. The first kappa shape index (κ1) is 16.4. The second-order valence-corrected chi connectivity index (χ2v) is 6.89. The quantitative estimate of drug-likeness (QED) is 0.589. The molecule has 3 rings (SSSR count). The van der Waals surface area contributed by atoms with Crippen LogP contribution >= 0.6 is 34.8 Å². The van der Waals surface area contributed by atoms with E-state index in [0.717, 1.165) is 3.57 Å². The first-order valence-electron chi connectivity index (χ1n) is 7.00. The Morgan fingerprint density at radius 2 is 1.78 bits per heavy atom. The second-order valence-electron chi connectivity index (χ2n) is 5.38. The third-order valence-electron chi connectivity index (χ3n) is 3.84. The number of aliphatic hydroxyl groups excluding tert-OH is 1. The predicted octanol–water partition coefficient (Wildman–Crippen LogP) is 3.43. The molecule has 1 amide bonds. The summed E-state index contributed by atoms with van der Waals surface area (Å²) >= 11 is 7.38. The number of thiocarbonyl (C=S) groups is 1. The maximum atomic E-state index is 13.0. The number of ether oxygens (including phenoxy) is 1. The Morgan fingerprint density at radius 1 is 1.17 bits per heavy atom. The summed E-state index contributed by atoms with van der Waals surface area (Å²) in [6, 6.07) is 16.4. The van der Waals surface area contributed by atoms with Crippen LogP contribution < -0.4 is 4.90 Å². The van der Waals surface area contributed by atoms with Gasteiger partial charge >= 0.3 is 0 Å². The van der Waals surface area contributed by atoms with Gasteiger partial charge in [-0.1, -0.05) is 42.5 Å². The molecule has 0 spiro atoms. The van der Waals surface area contributed by atoms with Crippen LogP contribution in [-0.2, 0) is 9.53 Å². The molecule has 1 aliphatic heterocycles. The average Bonchev–Trinajstić information content (AvgIpc) is 2.79. The maximum absolute atomic E-state index is 13.0. The molecule has 2 aromatic rings. The van der Waals surface area contributed by atoms with Crippen molar-refractivity contribution in [3.63, 3.8) is 0 Å². The minimum atomic E-state index is -1.45. The molecular formula is C17H14INO3S. The molecule has 1 saturated heterocycles. The second kappa shape index (κ2) is 6.18. The third-order valence-corrected chi connectivity index (χ3v) is 5.02. The smallest absolute Gasteiger partial charge is 0.281 e. The van der Waals surface area contributed by atoms with Gasteiger partial charge in [0.25, 0.3) is 11.1 Å². The topological polar surface area (TPSA) is 49.8 Å². The highest BCUT2D eigenvalue weighted by Gasteiger charge is 2.54. The van der Waals surface area contributed by atoms with Crippen LogP contribution in [0.3, 0.4) is 0 Å². The first-order chi connectivity index (χ1) is 10.9. The van der Waals surface area contributed by atoms with Gasteiger partial charge in [-0.25, -0.2) is 4.90 Å². The van der Waals surface area contributed by atoms with E-state index in [0.29, 0.717) is 11.3 Å². The van der Waals surface area contributed by atoms with E-state index in [9.17, 15) is 9.90 Å². The lowest BCUT2D eigenvalue weighted by molar-refractivity contribution is -0.137. The molecule has 1 N–H and O–H groups in total. The van der Waals surface area contributed by atoms with Crippen LogP contribution in [0.4, 0.5) is 5.69 Å². The highest BCUT2D eigenvalue weighted by molar-refractivity contribution is 14.1. The van der Waals surface area contributed by atoms with E-state index >= 15 is 0 Å². The Kier molecular flexibility index (Phi) is 4.39. The largest absolute Gasteiger partial charge is 0.451 e. The van der Waals surface area contributed by atoms with E-state index in [1.807, 2.05) is 24.3 Å². The lowest BCUT2D eigenvalue weighted by atomic mass is 9.92. The normalized spacial score (nSPS) is 22.1. The predicted molar refractivity (Wildman–Crippen MR) is 100 cm³/mol. The third kappa shape index (κ3) is 2.75. The van der Waals surface area contributed by atoms with Gasteiger partial charge in [0.15, 0.2) is 0 Å². The summed E-state index contributed by atoms with van der Waals surface area (Å²) in [5.41, 5.74) is -0.181. The van der Waals surface area contributed by atoms with E-state index in [4.69, 9.17) is 17.0 Å². The van der Waals surface area contributed by atoms with Crippen LogP contribution in [0.5, 0.6) is 0 Å². The number of aliphatic hydroxyl groups is 1. The Balaban J connectivity index is 1.99. The van der Waals surface area contributed by atoms with Gasteiger partial charge in [-0.3, -0.25) is 4.79 Å². The number of hydrogen-bond donors (Lipinski definition) is 1. The standard InChI is InChI=1S/C17H14INO3S/c1-17(14(20)11-7-3-2-4-8-11)15(21)19(16(23)22-17)13-10-6-5-9-12(13)18/h2-10,14,20H,1H3/t14?,17-/m1/s1. The molecule has 4 nitrogen and oxygen atoms in total. The molecule has 1 fully saturated rings. The van der Waals surface area contributed by atoms with Crippen molar-refractivity contribution >= 4 is 51.6 Å². The zero-order chi connectivity index (χ0) is 16.6. The zero-order valence-electron chi connectivity index (χ0n) is 12.3. The van der Waals surface area contributed by atoms with Crippen molar-refractivity contribution in [3.05, 3.63) is 63.7 Å². The number of benzene rings is 2. The van der Waals surface area contributed by atoms with Crippen molar-refractivity contribution < 1.29 is 14.6 Å². The molecule has 0 saturated carbocycles. The summed E-state index contributed by atoms with van der Waals surface area (Å²) in [5.74, 6) is -0.372. The van der Waals surface area contributed by atoms with Crippen molar-refractivity contribution in [3.8, 4) is 0 Å². The van der Waals surface area contributed by atoms with Gasteiger partial charge in [0.1, 0.15) is 6.10 Å². The van der Waals surface area contributed by atoms with E-state index in [1.54, 1.807) is 37.3 Å². The Hall–Kier alpha value is -1.51. The molecule has 6 heteroatoms. The number of anilines is 1. The minimum absolute atomic E-state index is 0.0524. The molecule has 2 atom stereocenters. The van der Waals surface area contributed by atoms with Crippen molar-refractivity contribution in [1.82, 2.24) is 0 Å². The number of rotatable bonds is 3. The summed E-state index contributed by atoms with van der Waals surface area (Å²) in [4.78, 5) is 14.3. The molecule has 0 aliphatic carbocycles. The van der Waals surface area contributed by atoms with Crippen molar-refractivity contribution in [2.75, 3.05) is 4.90 Å². The lowest BCUT2D eigenvalue weighted by Crippen LogP contribution is -2.43. The Labute approximate surface area is 153 Å². The number of halogens is 1. The molecular weight excluding hydrogens is 425 g/mol. The van der Waals surface area contributed by atoms with Crippen molar-refractivity contribution in [2.45, 2.75) is 18.6 Å². The lowest BCUT2D eigenvalue weighted by Gasteiger charge is -2.26. The van der Waals surface area contributed by atoms with Crippen LogP contribution in [0.2, 0.25) is 0 Å². The average molecular weight is 439 g/mol. The van der Waals surface area contributed by atoms with Crippen LogP contribution in [-0.4, -0.2) is 21.8 Å². The minimum Gasteiger partial charge on any atom is -0.451 e. The van der Waals surface area contributed by atoms with Gasteiger partial charge in [-0.2, -0.15) is 0 Å². The number of amides is 1. The van der Waals surface area contributed by atoms with Crippen LogP contribution in [0.1, 0.15) is 18.6 Å². The van der Waals surface area contributed by atoms with E-state index in [1.165, 1.54) is 4.90 Å². The molecule has 2 aromatic carbocycles. The maximum Gasteiger partial charge on any atom is 0.281 e.